The first kappa shape index (κ1) is 25.1. The number of amides is 1. The van der Waals surface area contributed by atoms with Crippen molar-refractivity contribution in [2.45, 2.75) is 18.2 Å². The molecule has 0 spiro atoms. The molecule has 0 fully saturated rings. The molecular weight excluding hydrogens is 508 g/mol. The first-order chi connectivity index (χ1) is 16.1. The highest BCUT2D eigenvalue weighted by atomic mass is 35.5. The fourth-order valence-electron chi connectivity index (χ4n) is 2.68. The third-order valence-electron chi connectivity index (χ3n) is 4.23. The molecule has 0 atom stereocenters. The Balaban J connectivity index is 1.66. The lowest BCUT2D eigenvalue weighted by molar-refractivity contribution is -0.384. The van der Waals surface area contributed by atoms with E-state index in [0.717, 1.165) is 29.5 Å². The van der Waals surface area contributed by atoms with E-state index in [1.807, 2.05) is 0 Å². The molecular formula is C20H17ClN4O7S2. The Labute approximate surface area is 202 Å². The lowest BCUT2D eigenvalue weighted by Gasteiger charge is -2.09. The molecule has 0 saturated heterocycles. The van der Waals surface area contributed by atoms with Crippen LogP contribution < -0.4 is 10.0 Å². The zero-order valence-corrected chi connectivity index (χ0v) is 19.9. The zero-order chi connectivity index (χ0) is 24.9. The molecule has 14 heteroatoms. The normalized spacial score (nSPS) is 11.0. The number of halogens is 1. The van der Waals surface area contributed by atoms with Gasteiger partial charge in [0.15, 0.2) is 5.13 Å². The topological polar surface area (TPSA) is 158 Å². The fourth-order valence-corrected chi connectivity index (χ4v) is 4.65. The molecule has 34 heavy (non-hydrogen) atoms. The Kier molecular flexibility index (Phi) is 7.81. The van der Waals surface area contributed by atoms with Crippen LogP contribution in [0, 0.1) is 10.1 Å². The minimum atomic E-state index is -4.14. The summed E-state index contributed by atoms with van der Waals surface area (Å²) in [5.41, 5.74) is 0.294. The van der Waals surface area contributed by atoms with Gasteiger partial charge >= 0.3 is 5.97 Å². The maximum absolute atomic E-state index is 12.6. The van der Waals surface area contributed by atoms with Crippen LogP contribution in [0.2, 0.25) is 5.02 Å². The summed E-state index contributed by atoms with van der Waals surface area (Å²) in [5.74, 6) is -0.906. The number of nitrogens with zero attached hydrogens (tertiary/aromatic N) is 2. The number of ether oxygens (including phenoxy) is 1. The van der Waals surface area contributed by atoms with Crippen LogP contribution in [0.3, 0.4) is 0 Å². The van der Waals surface area contributed by atoms with Gasteiger partial charge in [0.2, 0.25) is 0 Å². The van der Waals surface area contributed by atoms with Gasteiger partial charge in [-0.2, -0.15) is 0 Å². The number of carbonyl (C=O) groups is 2. The maximum atomic E-state index is 12.6. The van der Waals surface area contributed by atoms with Crippen LogP contribution in [0.5, 0.6) is 0 Å². The lowest BCUT2D eigenvalue weighted by Crippen LogP contribution is -2.14. The molecule has 3 rings (SSSR count). The molecule has 0 unspecified atom stereocenters. The van der Waals surface area contributed by atoms with Gasteiger partial charge in [-0.15, -0.1) is 11.3 Å². The van der Waals surface area contributed by atoms with Gasteiger partial charge in [-0.1, -0.05) is 11.6 Å². The van der Waals surface area contributed by atoms with Gasteiger partial charge < -0.3 is 4.74 Å². The van der Waals surface area contributed by atoms with Crippen molar-refractivity contribution in [1.82, 2.24) is 4.98 Å². The van der Waals surface area contributed by atoms with Crippen LogP contribution in [0.25, 0.3) is 0 Å². The first-order valence-corrected chi connectivity index (χ1v) is 12.3. The van der Waals surface area contributed by atoms with E-state index in [1.54, 1.807) is 12.3 Å². The minimum Gasteiger partial charge on any atom is -0.466 e. The van der Waals surface area contributed by atoms with Gasteiger partial charge in [-0.3, -0.25) is 29.7 Å². The van der Waals surface area contributed by atoms with E-state index in [2.05, 4.69) is 15.0 Å². The van der Waals surface area contributed by atoms with E-state index in [1.165, 1.54) is 24.3 Å². The monoisotopic (exact) mass is 524 g/mol. The molecule has 0 bridgehead atoms. The van der Waals surface area contributed by atoms with Crippen LogP contribution in [0.4, 0.5) is 16.5 Å². The van der Waals surface area contributed by atoms with Crippen LogP contribution in [0.1, 0.15) is 23.0 Å². The van der Waals surface area contributed by atoms with Crippen LogP contribution in [-0.2, 0) is 26.0 Å². The fraction of sp³-hybridized carbons (Fsp3) is 0.150. The number of aromatic nitrogens is 1. The number of hydrogen-bond acceptors (Lipinski definition) is 9. The summed E-state index contributed by atoms with van der Waals surface area (Å²) in [6, 6.07) is 8.64. The minimum absolute atomic E-state index is 0.00811. The highest BCUT2D eigenvalue weighted by Crippen LogP contribution is 2.28. The summed E-state index contributed by atoms with van der Waals surface area (Å²) in [4.78, 5) is 38.0. The van der Waals surface area contributed by atoms with Gasteiger partial charge in [0.25, 0.3) is 21.6 Å². The summed E-state index contributed by atoms with van der Waals surface area (Å²) < 4.78 is 32.3. The van der Waals surface area contributed by atoms with E-state index >= 15 is 0 Å². The number of thiazole rings is 1. The maximum Gasteiger partial charge on any atom is 0.311 e. The summed E-state index contributed by atoms with van der Waals surface area (Å²) in [6.45, 7) is 1.96. The second kappa shape index (κ2) is 10.6. The van der Waals surface area contributed by atoms with Crippen molar-refractivity contribution in [3.05, 3.63) is 74.2 Å². The number of nitro groups is 1. The number of carbonyl (C=O) groups excluding carboxylic acids is 2. The Bertz CT molecular complexity index is 1340. The molecule has 3 aromatic rings. The standard InChI is InChI=1S/C20H17ClN4O7S2/c1-2-32-18(26)9-14-11-33-20(22-14)23-19(27)12-3-5-13(6-4-12)24-34(30,31)15-7-8-16(21)17(10-15)25(28)29/h3-8,10-11,24H,2,9H2,1H3,(H,22,23,27). The smallest absolute Gasteiger partial charge is 0.311 e. The molecule has 2 N–H and O–H groups in total. The molecule has 0 aliphatic heterocycles. The quantitative estimate of drug-likeness (QED) is 0.242. The van der Waals surface area contributed by atoms with Crippen molar-refractivity contribution in [3.8, 4) is 0 Å². The average molecular weight is 525 g/mol. The van der Waals surface area contributed by atoms with E-state index in [4.69, 9.17) is 16.3 Å². The van der Waals surface area contributed by atoms with E-state index < -0.39 is 32.5 Å². The Morgan fingerprint density at radius 2 is 1.91 bits per heavy atom. The number of anilines is 2. The van der Waals surface area contributed by atoms with Crippen molar-refractivity contribution < 1.29 is 27.7 Å². The predicted octanol–water partition coefficient (Wildman–Crippen LogP) is 3.86. The van der Waals surface area contributed by atoms with E-state index in [9.17, 15) is 28.1 Å². The van der Waals surface area contributed by atoms with Gasteiger partial charge in [-0.25, -0.2) is 13.4 Å². The predicted molar refractivity (Wildman–Crippen MR) is 126 cm³/mol. The Hall–Kier alpha value is -3.55. The molecule has 2 aromatic carbocycles. The van der Waals surface area contributed by atoms with Crippen molar-refractivity contribution in [1.29, 1.82) is 0 Å². The average Bonchev–Trinajstić information content (AvgIpc) is 3.20. The number of hydrogen-bond donors (Lipinski definition) is 2. The van der Waals surface area contributed by atoms with Crippen LogP contribution >= 0.6 is 22.9 Å². The second-order valence-electron chi connectivity index (χ2n) is 6.63. The second-order valence-corrected chi connectivity index (χ2v) is 9.58. The van der Waals surface area contributed by atoms with Gasteiger partial charge in [0.1, 0.15) is 5.02 Å². The van der Waals surface area contributed by atoms with E-state index in [0.29, 0.717) is 10.8 Å². The SMILES string of the molecule is CCOC(=O)Cc1csc(NC(=O)c2ccc(NS(=O)(=O)c3ccc(Cl)c([N+](=O)[O-])c3)cc2)n1. The van der Waals surface area contributed by atoms with Gasteiger partial charge in [0.05, 0.1) is 28.5 Å². The van der Waals surface area contributed by atoms with Crippen LogP contribution in [0.15, 0.2) is 52.7 Å². The number of esters is 1. The van der Waals surface area contributed by atoms with Crippen molar-refractivity contribution >= 4 is 61.3 Å². The number of nitrogens with one attached hydrogen (secondary N) is 2. The molecule has 0 aliphatic carbocycles. The summed E-state index contributed by atoms with van der Waals surface area (Å²) in [7, 11) is -4.14. The molecule has 1 aromatic heterocycles. The lowest BCUT2D eigenvalue weighted by atomic mass is 10.2. The Morgan fingerprint density at radius 3 is 2.56 bits per heavy atom. The largest absolute Gasteiger partial charge is 0.466 e. The number of nitro benzene ring substituents is 1. The number of sulfonamides is 1. The van der Waals surface area contributed by atoms with Crippen molar-refractivity contribution in [2.75, 3.05) is 16.6 Å². The van der Waals surface area contributed by atoms with Crippen molar-refractivity contribution in [3.63, 3.8) is 0 Å². The first-order valence-electron chi connectivity index (χ1n) is 9.57. The van der Waals surface area contributed by atoms with Crippen molar-refractivity contribution in [2.24, 2.45) is 0 Å². The summed E-state index contributed by atoms with van der Waals surface area (Å²) in [6.07, 6.45) is -0.00811. The molecule has 11 nitrogen and oxygen atoms in total. The van der Waals surface area contributed by atoms with E-state index in [-0.39, 0.29) is 34.2 Å². The zero-order valence-electron chi connectivity index (χ0n) is 17.5. The third-order valence-corrected chi connectivity index (χ3v) is 6.73. The number of benzene rings is 2. The molecule has 1 amide bonds. The molecule has 1 heterocycles. The molecule has 0 aliphatic rings. The number of rotatable bonds is 9. The van der Waals surface area contributed by atoms with Crippen LogP contribution in [-0.4, -0.2) is 36.8 Å². The highest BCUT2D eigenvalue weighted by Gasteiger charge is 2.21. The summed E-state index contributed by atoms with van der Waals surface area (Å²) >= 11 is 6.87. The Morgan fingerprint density at radius 1 is 1.21 bits per heavy atom. The molecule has 178 valence electrons. The molecule has 0 saturated carbocycles. The summed E-state index contributed by atoms with van der Waals surface area (Å²) in [5, 5.41) is 15.3. The molecule has 0 radical (unpaired) electrons. The van der Waals surface area contributed by atoms with Gasteiger partial charge in [-0.05, 0) is 43.3 Å². The highest BCUT2D eigenvalue weighted by molar-refractivity contribution is 7.92. The van der Waals surface area contributed by atoms with Gasteiger partial charge in [0, 0.05) is 22.7 Å². The third kappa shape index (κ3) is 6.27.